The Hall–Kier alpha value is -4.53. The first-order valence-corrected chi connectivity index (χ1v) is 12.5. The summed E-state index contributed by atoms with van der Waals surface area (Å²) < 4.78 is 1.88. The van der Waals surface area contributed by atoms with Crippen LogP contribution in [0.2, 0.25) is 0 Å². The third-order valence-corrected chi connectivity index (χ3v) is 6.17. The number of aromatic nitrogens is 8. The molecule has 0 atom stereocenters. The lowest BCUT2D eigenvalue weighted by molar-refractivity contribution is 0.0982. The summed E-state index contributed by atoms with van der Waals surface area (Å²) in [6.45, 7) is 2.90. The molecule has 0 amide bonds. The maximum absolute atomic E-state index is 12.9. The van der Waals surface area contributed by atoms with Crippen molar-refractivity contribution in [3.8, 4) is 22.6 Å². The van der Waals surface area contributed by atoms with Gasteiger partial charge in [-0.05, 0) is 34.0 Å². The molecule has 0 radical (unpaired) electrons. The number of benzene rings is 2. The number of Topliss-reactive ketones (excluding diaryl/α,β-unsaturated/α-hetero) is 1. The number of hydrogen-bond donors (Lipinski definition) is 1. The van der Waals surface area contributed by atoms with Crippen molar-refractivity contribution >= 4 is 5.78 Å². The van der Waals surface area contributed by atoms with Crippen LogP contribution in [-0.2, 0) is 19.4 Å². The quantitative estimate of drug-likeness (QED) is 0.209. The highest BCUT2D eigenvalue weighted by Gasteiger charge is 2.18. The van der Waals surface area contributed by atoms with Gasteiger partial charge in [0.05, 0.1) is 5.69 Å². The fourth-order valence-corrected chi connectivity index (χ4v) is 4.23. The average molecular weight is 493 g/mol. The third-order valence-electron chi connectivity index (χ3n) is 6.17. The molecule has 2 aromatic carbocycles. The van der Waals surface area contributed by atoms with Gasteiger partial charge in [-0.1, -0.05) is 80.4 Å². The number of nitrogens with one attached hydrogen (secondary N) is 1. The van der Waals surface area contributed by atoms with Gasteiger partial charge >= 0.3 is 0 Å². The summed E-state index contributed by atoms with van der Waals surface area (Å²) >= 11 is 0. The molecule has 37 heavy (non-hydrogen) atoms. The Morgan fingerprint density at radius 1 is 0.919 bits per heavy atom. The number of tetrazole rings is 1. The first-order valence-electron chi connectivity index (χ1n) is 12.5. The van der Waals surface area contributed by atoms with Gasteiger partial charge in [-0.2, -0.15) is 0 Å². The summed E-state index contributed by atoms with van der Waals surface area (Å²) in [4.78, 5) is 22.3. The second kappa shape index (κ2) is 11.5. The van der Waals surface area contributed by atoms with Gasteiger partial charge < -0.3 is 0 Å². The van der Waals surface area contributed by atoms with E-state index < -0.39 is 0 Å². The van der Waals surface area contributed by atoms with Gasteiger partial charge in [0.2, 0.25) is 11.6 Å². The van der Waals surface area contributed by atoms with Crippen molar-refractivity contribution in [3.63, 3.8) is 0 Å². The minimum atomic E-state index is -0.0753. The van der Waals surface area contributed by atoms with Gasteiger partial charge in [-0.3, -0.25) is 9.78 Å². The molecular formula is C28H28N8O. The Labute approximate surface area is 215 Å². The SMILES string of the molecule is CCCCCn1nc(C(=O)Cc2ccccc2)nc1Cc1ccc(-c2ccccc2-c2nnn[nH]2)nc1. The molecule has 5 rings (SSSR count). The minimum absolute atomic E-state index is 0.0753. The molecule has 5 aromatic rings. The number of carbonyl (C=O) groups is 1. The summed E-state index contributed by atoms with van der Waals surface area (Å²) in [5.41, 5.74) is 4.58. The Morgan fingerprint density at radius 2 is 1.73 bits per heavy atom. The van der Waals surface area contributed by atoms with Gasteiger partial charge in [-0.15, -0.1) is 10.2 Å². The maximum atomic E-state index is 12.9. The number of unbranched alkanes of at least 4 members (excludes halogenated alkanes) is 2. The Bertz CT molecular complexity index is 1440. The van der Waals surface area contributed by atoms with E-state index in [0.29, 0.717) is 12.2 Å². The van der Waals surface area contributed by atoms with E-state index in [9.17, 15) is 4.79 Å². The predicted octanol–water partition coefficient (Wildman–Crippen LogP) is 4.73. The summed E-state index contributed by atoms with van der Waals surface area (Å²) in [7, 11) is 0. The van der Waals surface area contributed by atoms with E-state index in [1.54, 1.807) is 0 Å². The van der Waals surface area contributed by atoms with Crippen molar-refractivity contribution < 1.29 is 4.79 Å². The average Bonchev–Trinajstić information content (AvgIpc) is 3.61. The molecule has 0 aliphatic rings. The van der Waals surface area contributed by atoms with Gasteiger partial charge in [0.15, 0.2) is 5.82 Å². The fraction of sp³-hybridized carbons (Fsp3) is 0.250. The topological polar surface area (TPSA) is 115 Å². The van der Waals surface area contributed by atoms with Gasteiger partial charge in [0.25, 0.3) is 0 Å². The van der Waals surface area contributed by atoms with Crippen molar-refractivity contribution in [1.29, 1.82) is 0 Å². The molecule has 0 aliphatic heterocycles. The monoisotopic (exact) mass is 492 g/mol. The predicted molar refractivity (Wildman–Crippen MR) is 140 cm³/mol. The van der Waals surface area contributed by atoms with Crippen LogP contribution < -0.4 is 0 Å². The molecule has 0 saturated heterocycles. The second-order valence-corrected chi connectivity index (χ2v) is 8.89. The van der Waals surface area contributed by atoms with E-state index in [1.807, 2.05) is 77.6 Å². The van der Waals surface area contributed by atoms with Crippen LogP contribution in [0.15, 0.2) is 72.9 Å². The molecule has 3 heterocycles. The first-order chi connectivity index (χ1) is 18.2. The van der Waals surface area contributed by atoms with Crippen LogP contribution in [0.3, 0.4) is 0 Å². The van der Waals surface area contributed by atoms with Crippen LogP contribution >= 0.6 is 0 Å². The molecule has 1 N–H and O–H groups in total. The Balaban J connectivity index is 1.37. The number of ketones is 1. The molecule has 0 spiro atoms. The molecular weight excluding hydrogens is 464 g/mol. The molecule has 0 fully saturated rings. The number of carbonyl (C=O) groups excluding carboxylic acids is 1. The van der Waals surface area contributed by atoms with Crippen molar-refractivity contribution in [3.05, 3.63) is 95.7 Å². The largest absolute Gasteiger partial charge is 0.290 e. The van der Waals surface area contributed by atoms with E-state index in [4.69, 9.17) is 4.98 Å². The lowest BCUT2D eigenvalue weighted by atomic mass is 10.0. The normalized spacial score (nSPS) is 11.1. The van der Waals surface area contributed by atoms with Crippen LogP contribution in [0.5, 0.6) is 0 Å². The zero-order chi connectivity index (χ0) is 25.5. The fourth-order valence-electron chi connectivity index (χ4n) is 4.23. The second-order valence-electron chi connectivity index (χ2n) is 8.89. The molecule has 3 aromatic heterocycles. The van der Waals surface area contributed by atoms with Crippen molar-refractivity contribution in [1.82, 2.24) is 40.4 Å². The van der Waals surface area contributed by atoms with E-state index in [2.05, 4.69) is 37.6 Å². The van der Waals surface area contributed by atoms with Crippen LogP contribution in [0.4, 0.5) is 0 Å². The standard InChI is InChI=1S/C28H28N8O/c1-2-3-9-16-36-26(30-28(33-36)25(37)17-20-10-5-4-6-11-20)18-21-14-15-24(29-19-21)22-12-7-8-13-23(22)27-31-34-35-32-27/h4-8,10-15,19H,2-3,9,16-18H2,1H3,(H,31,32,34,35). The van der Waals surface area contributed by atoms with E-state index in [0.717, 1.165) is 59.6 Å². The number of aromatic amines is 1. The summed E-state index contributed by atoms with van der Waals surface area (Å²) in [6.07, 6.45) is 5.88. The van der Waals surface area contributed by atoms with Crippen molar-refractivity contribution in [2.45, 2.75) is 45.6 Å². The van der Waals surface area contributed by atoms with Crippen LogP contribution in [0.1, 0.15) is 53.8 Å². The number of rotatable bonds is 11. The summed E-state index contributed by atoms with van der Waals surface area (Å²) in [5, 5.41) is 18.8. The molecule has 0 saturated carbocycles. The number of pyridine rings is 1. The molecule has 186 valence electrons. The molecule has 0 aliphatic carbocycles. The number of aryl methyl sites for hydroxylation is 1. The minimum Gasteiger partial charge on any atom is -0.290 e. The smallest absolute Gasteiger partial charge is 0.217 e. The van der Waals surface area contributed by atoms with E-state index >= 15 is 0 Å². The maximum Gasteiger partial charge on any atom is 0.217 e. The Morgan fingerprint density at radius 3 is 2.46 bits per heavy atom. The first kappa shape index (κ1) is 24.2. The van der Waals surface area contributed by atoms with Crippen molar-refractivity contribution in [2.75, 3.05) is 0 Å². The highest BCUT2D eigenvalue weighted by molar-refractivity contribution is 5.94. The van der Waals surface area contributed by atoms with Crippen molar-refractivity contribution in [2.24, 2.45) is 0 Å². The third kappa shape index (κ3) is 5.83. The Kier molecular flexibility index (Phi) is 7.50. The number of H-pyrrole nitrogens is 1. The highest BCUT2D eigenvalue weighted by atomic mass is 16.1. The lowest BCUT2D eigenvalue weighted by Gasteiger charge is -2.08. The van der Waals surface area contributed by atoms with Gasteiger partial charge in [0.1, 0.15) is 5.82 Å². The highest BCUT2D eigenvalue weighted by Crippen LogP contribution is 2.28. The molecule has 0 unspecified atom stereocenters. The van der Waals surface area contributed by atoms with Crippen LogP contribution in [0.25, 0.3) is 22.6 Å². The lowest BCUT2D eigenvalue weighted by Crippen LogP contribution is -2.08. The number of hydrogen-bond acceptors (Lipinski definition) is 7. The molecule has 9 nitrogen and oxygen atoms in total. The zero-order valence-corrected chi connectivity index (χ0v) is 20.7. The van der Waals surface area contributed by atoms with E-state index in [1.165, 1.54) is 0 Å². The summed E-state index contributed by atoms with van der Waals surface area (Å²) in [6, 6.07) is 21.6. The van der Waals surface area contributed by atoms with Gasteiger partial charge in [-0.25, -0.2) is 14.8 Å². The van der Waals surface area contributed by atoms with Crippen LogP contribution in [-0.4, -0.2) is 46.2 Å². The summed E-state index contributed by atoms with van der Waals surface area (Å²) in [5.74, 6) is 1.56. The zero-order valence-electron chi connectivity index (χ0n) is 20.7. The van der Waals surface area contributed by atoms with Crippen LogP contribution in [0, 0.1) is 0 Å². The van der Waals surface area contributed by atoms with E-state index in [-0.39, 0.29) is 18.0 Å². The molecule has 0 bridgehead atoms. The molecule has 9 heteroatoms. The van der Waals surface area contributed by atoms with Gasteiger partial charge in [0, 0.05) is 36.7 Å². The number of nitrogens with zero attached hydrogens (tertiary/aromatic N) is 7.